The molecule has 0 atom stereocenters. The Morgan fingerprint density at radius 3 is 2.65 bits per heavy atom. The van der Waals surface area contributed by atoms with Gasteiger partial charge in [0.2, 0.25) is 0 Å². The lowest BCUT2D eigenvalue weighted by Gasteiger charge is -2.09. The Hall–Kier alpha value is -3.08. The van der Waals surface area contributed by atoms with Crippen molar-refractivity contribution in [2.75, 3.05) is 5.73 Å². The van der Waals surface area contributed by atoms with E-state index in [-0.39, 0.29) is 0 Å². The number of imidazole rings is 1. The van der Waals surface area contributed by atoms with E-state index >= 15 is 0 Å². The summed E-state index contributed by atoms with van der Waals surface area (Å²) in [6, 6.07) is 14.7. The van der Waals surface area contributed by atoms with Gasteiger partial charge in [-0.1, -0.05) is 24.3 Å². The van der Waals surface area contributed by atoms with Crippen LogP contribution in [0.3, 0.4) is 0 Å². The molecule has 0 aliphatic carbocycles. The first-order valence-electron chi connectivity index (χ1n) is 7.28. The van der Waals surface area contributed by atoms with E-state index in [1.807, 2.05) is 41.1 Å². The summed E-state index contributed by atoms with van der Waals surface area (Å²) in [7, 11) is 0. The van der Waals surface area contributed by atoms with Gasteiger partial charge in [0, 0.05) is 31.0 Å². The van der Waals surface area contributed by atoms with Crippen molar-refractivity contribution in [2.24, 2.45) is 0 Å². The number of nitrogen functional groups attached to an aromatic ring is 1. The minimum Gasteiger partial charge on any atom is -0.478 e. The first-order chi connectivity index (χ1) is 11.1. The molecule has 1 aromatic heterocycles. The van der Waals surface area contributed by atoms with Gasteiger partial charge in [-0.05, 0) is 35.4 Å². The zero-order valence-electron chi connectivity index (χ0n) is 12.5. The summed E-state index contributed by atoms with van der Waals surface area (Å²) in [4.78, 5) is 15.5. The smallest absolute Gasteiger partial charge is 0.335 e. The van der Waals surface area contributed by atoms with Gasteiger partial charge >= 0.3 is 5.97 Å². The van der Waals surface area contributed by atoms with Crippen LogP contribution in [0, 0.1) is 0 Å². The van der Waals surface area contributed by atoms with Crippen LogP contribution >= 0.6 is 0 Å². The van der Waals surface area contributed by atoms with Crippen molar-refractivity contribution in [2.45, 2.75) is 13.0 Å². The number of carboxylic acids is 1. The van der Waals surface area contributed by atoms with Gasteiger partial charge in [-0.25, -0.2) is 9.78 Å². The van der Waals surface area contributed by atoms with Crippen molar-refractivity contribution in [1.29, 1.82) is 0 Å². The molecule has 0 aliphatic heterocycles. The molecular weight excluding hydrogens is 290 g/mol. The fourth-order valence-corrected chi connectivity index (χ4v) is 2.47. The second-order valence-corrected chi connectivity index (χ2v) is 5.40. The second-order valence-electron chi connectivity index (χ2n) is 5.40. The molecule has 0 radical (unpaired) electrons. The number of nitrogens with two attached hydrogens (primary N) is 1. The predicted molar refractivity (Wildman–Crippen MR) is 88.4 cm³/mol. The molecule has 0 fully saturated rings. The van der Waals surface area contributed by atoms with Crippen LogP contribution in [0.1, 0.15) is 27.3 Å². The van der Waals surface area contributed by atoms with Gasteiger partial charge < -0.3 is 15.4 Å². The normalized spacial score (nSPS) is 10.6. The Morgan fingerprint density at radius 1 is 1.13 bits per heavy atom. The summed E-state index contributed by atoms with van der Waals surface area (Å²) in [6.45, 7) is 0.589. The van der Waals surface area contributed by atoms with E-state index in [1.54, 1.807) is 24.4 Å². The molecule has 5 nitrogen and oxygen atoms in total. The molecule has 0 aliphatic rings. The van der Waals surface area contributed by atoms with Gasteiger partial charge in [-0.2, -0.15) is 0 Å². The molecule has 1 heterocycles. The van der Waals surface area contributed by atoms with Gasteiger partial charge in [0.1, 0.15) is 5.82 Å². The van der Waals surface area contributed by atoms with E-state index in [2.05, 4.69) is 4.98 Å². The average Bonchev–Trinajstić information content (AvgIpc) is 2.97. The maximum atomic E-state index is 11.1. The number of carbonyl (C=O) groups is 1. The SMILES string of the molecule is Nc1ccc(Cc2nccn2Cc2cccc(C(=O)O)c2)cc1. The minimum atomic E-state index is -0.917. The topological polar surface area (TPSA) is 81.1 Å². The summed E-state index contributed by atoms with van der Waals surface area (Å²) >= 11 is 0. The van der Waals surface area contributed by atoms with Crippen molar-refractivity contribution in [1.82, 2.24) is 9.55 Å². The van der Waals surface area contributed by atoms with Crippen LogP contribution in [0.25, 0.3) is 0 Å². The Kier molecular flexibility index (Phi) is 4.10. The molecule has 2 aromatic carbocycles. The lowest BCUT2D eigenvalue weighted by atomic mass is 10.1. The van der Waals surface area contributed by atoms with Crippen molar-refractivity contribution in [3.63, 3.8) is 0 Å². The molecule has 3 aromatic rings. The molecular formula is C18H17N3O2. The molecule has 3 N–H and O–H groups in total. The molecule has 5 heteroatoms. The molecule has 0 bridgehead atoms. The van der Waals surface area contributed by atoms with E-state index in [9.17, 15) is 4.79 Å². The lowest BCUT2D eigenvalue weighted by Crippen LogP contribution is -2.06. The van der Waals surface area contributed by atoms with Crippen LogP contribution in [0.5, 0.6) is 0 Å². The van der Waals surface area contributed by atoms with Gasteiger partial charge in [0.05, 0.1) is 5.56 Å². The molecule has 23 heavy (non-hydrogen) atoms. The Labute approximate surface area is 134 Å². The standard InChI is InChI=1S/C18H17N3O2/c19-16-6-4-13(5-7-16)11-17-20-8-9-21(17)12-14-2-1-3-15(10-14)18(22)23/h1-10H,11-12,19H2,(H,22,23). The number of rotatable bonds is 5. The molecule has 0 spiro atoms. The number of anilines is 1. The molecule has 116 valence electrons. The maximum Gasteiger partial charge on any atom is 0.335 e. The van der Waals surface area contributed by atoms with Crippen molar-refractivity contribution in [3.8, 4) is 0 Å². The Morgan fingerprint density at radius 2 is 1.91 bits per heavy atom. The summed E-state index contributed by atoms with van der Waals surface area (Å²) in [5.74, 6) is 0.00933. The molecule has 3 rings (SSSR count). The zero-order chi connectivity index (χ0) is 16.2. The highest BCUT2D eigenvalue weighted by atomic mass is 16.4. The summed E-state index contributed by atoms with van der Waals surface area (Å²) in [6.07, 6.45) is 4.36. The fraction of sp³-hybridized carbons (Fsp3) is 0.111. The number of carboxylic acid groups (broad SMARTS) is 1. The molecule has 0 unspecified atom stereocenters. The highest BCUT2D eigenvalue weighted by molar-refractivity contribution is 5.87. The van der Waals surface area contributed by atoms with Crippen LogP contribution < -0.4 is 5.73 Å². The number of aromatic nitrogens is 2. The van der Waals surface area contributed by atoms with E-state index < -0.39 is 5.97 Å². The van der Waals surface area contributed by atoms with Gasteiger partial charge in [-0.3, -0.25) is 0 Å². The minimum absolute atomic E-state index is 0.294. The Balaban J connectivity index is 1.79. The lowest BCUT2D eigenvalue weighted by molar-refractivity contribution is 0.0696. The van der Waals surface area contributed by atoms with Crippen LogP contribution in [-0.4, -0.2) is 20.6 Å². The van der Waals surface area contributed by atoms with Crippen molar-refractivity contribution >= 4 is 11.7 Å². The number of hydrogen-bond acceptors (Lipinski definition) is 3. The van der Waals surface area contributed by atoms with E-state index in [0.29, 0.717) is 18.5 Å². The van der Waals surface area contributed by atoms with E-state index in [1.165, 1.54) is 0 Å². The quantitative estimate of drug-likeness (QED) is 0.710. The van der Waals surface area contributed by atoms with E-state index in [4.69, 9.17) is 10.8 Å². The van der Waals surface area contributed by atoms with Crippen LogP contribution in [0.2, 0.25) is 0 Å². The second kappa shape index (κ2) is 6.36. The highest BCUT2D eigenvalue weighted by Gasteiger charge is 2.07. The molecule has 0 saturated heterocycles. The van der Waals surface area contributed by atoms with Crippen molar-refractivity contribution < 1.29 is 9.90 Å². The van der Waals surface area contributed by atoms with Crippen LogP contribution in [0.4, 0.5) is 5.69 Å². The maximum absolute atomic E-state index is 11.1. The predicted octanol–water partition coefficient (Wildman–Crippen LogP) is 2.80. The van der Waals surface area contributed by atoms with Crippen LogP contribution in [-0.2, 0) is 13.0 Å². The number of aromatic carboxylic acids is 1. The fourth-order valence-electron chi connectivity index (χ4n) is 2.47. The summed E-state index contributed by atoms with van der Waals surface area (Å²) < 4.78 is 2.03. The molecule has 0 saturated carbocycles. The average molecular weight is 307 g/mol. The van der Waals surface area contributed by atoms with E-state index in [0.717, 1.165) is 22.6 Å². The molecule has 0 amide bonds. The number of benzene rings is 2. The monoisotopic (exact) mass is 307 g/mol. The first-order valence-corrected chi connectivity index (χ1v) is 7.28. The number of nitrogens with zero attached hydrogens (tertiary/aromatic N) is 2. The number of hydrogen-bond donors (Lipinski definition) is 2. The Bertz CT molecular complexity index is 822. The largest absolute Gasteiger partial charge is 0.478 e. The third kappa shape index (κ3) is 3.58. The first kappa shape index (κ1) is 14.8. The van der Waals surface area contributed by atoms with Gasteiger partial charge in [-0.15, -0.1) is 0 Å². The summed E-state index contributed by atoms with van der Waals surface area (Å²) in [5, 5.41) is 9.08. The van der Waals surface area contributed by atoms with Crippen LogP contribution in [0.15, 0.2) is 60.9 Å². The van der Waals surface area contributed by atoms with Gasteiger partial charge in [0.15, 0.2) is 0 Å². The van der Waals surface area contributed by atoms with Gasteiger partial charge in [0.25, 0.3) is 0 Å². The third-order valence-electron chi connectivity index (χ3n) is 3.67. The zero-order valence-corrected chi connectivity index (χ0v) is 12.5. The van der Waals surface area contributed by atoms with Crippen molar-refractivity contribution in [3.05, 3.63) is 83.4 Å². The third-order valence-corrected chi connectivity index (χ3v) is 3.67. The summed E-state index contributed by atoms with van der Waals surface area (Å²) in [5.41, 5.74) is 8.80. The highest BCUT2D eigenvalue weighted by Crippen LogP contribution is 2.13.